The van der Waals surface area contributed by atoms with Crippen molar-refractivity contribution in [3.05, 3.63) is 65.7 Å². The normalized spacial score (nSPS) is 22.2. The highest BCUT2D eigenvalue weighted by molar-refractivity contribution is 5.83. The third-order valence-electron chi connectivity index (χ3n) is 3.13. The van der Waals surface area contributed by atoms with E-state index in [1.54, 1.807) is 48.5 Å². The molecular weight excluding hydrogens is 231 g/mol. The van der Waals surface area contributed by atoms with Crippen molar-refractivity contribution in [3.8, 4) is 5.75 Å². The molecule has 1 aliphatic rings. The van der Waals surface area contributed by atoms with Crippen LogP contribution in [-0.4, -0.2) is 5.97 Å². The highest BCUT2D eigenvalue weighted by atomic mass is 19.1. The van der Waals surface area contributed by atoms with Gasteiger partial charge in [0, 0.05) is 5.56 Å². The number of hydrogen-bond donors (Lipinski definition) is 0. The Labute approximate surface area is 104 Å². The van der Waals surface area contributed by atoms with Crippen LogP contribution in [0.1, 0.15) is 23.2 Å². The predicted octanol–water partition coefficient (Wildman–Crippen LogP) is 3.40. The molecule has 2 unspecified atom stereocenters. The second-order valence-electron chi connectivity index (χ2n) is 4.25. The molecule has 2 aromatic carbocycles. The number of ether oxygens (including phenoxy) is 1. The van der Waals surface area contributed by atoms with Crippen LogP contribution in [0.4, 0.5) is 4.39 Å². The van der Waals surface area contributed by atoms with Crippen molar-refractivity contribution < 1.29 is 13.9 Å². The zero-order chi connectivity index (χ0) is 12.5. The van der Waals surface area contributed by atoms with Crippen LogP contribution < -0.4 is 4.74 Å². The maximum absolute atomic E-state index is 14.5. The summed E-state index contributed by atoms with van der Waals surface area (Å²) in [6, 6.07) is 15.6. The number of hydrogen-bond acceptors (Lipinski definition) is 2. The minimum atomic E-state index is -1.36. The number of esters is 1. The second-order valence-corrected chi connectivity index (χ2v) is 4.25. The van der Waals surface area contributed by atoms with E-state index in [2.05, 4.69) is 0 Å². The lowest BCUT2D eigenvalue weighted by atomic mass is 9.88. The third-order valence-corrected chi connectivity index (χ3v) is 3.13. The molecule has 0 amide bonds. The number of rotatable bonds is 1. The molecule has 1 aliphatic heterocycles. The van der Waals surface area contributed by atoms with Gasteiger partial charge in [0.1, 0.15) is 17.8 Å². The minimum absolute atomic E-state index is 0.321. The largest absolute Gasteiger partial charge is 0.426 e. The van der Waals surface area contributed by atoms with Gasteiger partial charge in [-0.2, -0.15) is 0 Å². The molecule has 3 rings (SSSR count). The molecule has 0 aliphatic carbocycles. The molecule has 1 heterocycles. The Balaban J connectivity index is 2.06. The van der Waals surface area contributed by atoms with Gasteiger partial charge in [-0.05, 0) is 11.6 Å². The average molecular weight is 242 g/mol. The van der Waals surface area contributed by atoms with Crippen LogP contribution >= 0.6 is 0 Å². The quantitative estimate of drug-likeness (QED) is 0.566. The summed E-state index contributed by atoms with van der Waals surface area (Å²) in [6.07, 6.45) is -1.36. The molecule has 2 nitrogen and oxygen atoms in total. The van der Waals surface area contributed by atoms with Crippen LogP contribution in [0.15, 0.2) is 54.6 Å². The molecular formula is C15H11FO2. The molecule has 0 saturated carbocycles. The Morgan fingerprint density at radius 1 is 0.944 bits per heavy atom. The van der Waals surface area contributed by atoms with Crippen molar-refractivity contribution in [1.29, 1.82) is 0 Å². The van der Waals surface area contributed by atoms with Gasteiger partial charge in [-0.15, -0.1) is 0 Å². The molecule has 2 atom stereocenters. The molecule has 18 heavy (non-hydrogen) atoms. The fourth-order valence-corrected chi connectivity index (χ4v) is 2.24. The topological polar surface area (TPSA) is 26.3 Å². The van der Waals surface area contributed by atoms with Gasteiger partial charge in [0.2, 0.25) is 0 Å². The SMILES string of the molecule is O=C1Oc2ccccc2C(F)C1c1ccccc1. The first kappa shape index (κ1) is 11.0. The number of alkyl halides is 1. The lowest BCUT2D eigenvalue weighted by Crippen LogP contribution is -2.28. The maximum atomic E-state index is 14.5. The molecule has 90 valence electrons. The summed E-state index contributed by atoms with van der Waals surface area (Å²) in [6.45, 7) is 0. The van der Waals surface area contributed by atoms with Gasteiger partial charge >= 0.3 is 5.97 Å². The van der Waals surface area contributed by atoms with Crippen LogP contribution in [0, 0.1) is 0 Å². The Morgan fingerprint density at radius 2 is 1.61 bits per heavy atom. The third kappa shape index (κ3) is 1.68. The molecule has 2 aromatic rings. The smallest absolute Gasteiger partial charge is 0.322 e. The fraction of sp³-hybridized carbons (Fsp3) is 0.133. The molecule has 0 aromatic heterocycles. The number of para-hydroxylation sites is 1. The van der Waals surface area contributed by atoms with Gasteiger partial charge in [0.25, 0.3) is 0 Å². The van der Waals surface area contributed by atoms with E-state index < -0.39 is 18.1 Å². The Kier molecular flexibility index (Phi) is 2.59. The maximum Gasteiger partial charge on any atom is 0.322 e. The average Bonchev–Trinajstić information content (AvgIpc) is 2.40. The van der Waals surface area contributed by atoms with Crippen LogP contribution in [0.3, 0.4) is 0 Å². The summed E-state index contributed by atoms with van der Waals surface area (Å²) >= 11 is 0. The van der Waals surface area contributed by atoms with Gasteiger partial charge in [-0.1, -0.05) is 48.5 Å². The van der Waals surface area contributed by atoms with E-state index in [0.29, 0.717) is 16.9 Å². The zero-order valence-electron chi connectivity index (χ0n) is 9.55. The van der Waals surface area contributed by atoms with E-state index in [1.807, 2.05) is 6.07 Å². The van der Waals surface area contributed by atoms with E-state index in [1.165, 1.54) is 0 Å². The summed E-state index contributed by atoms with van der Waals surface area (Å²) < 4.78 is 19.7. The lowest BCUT2D eigenvalue weighted by Gasteiger charge is -2.26. The fourth-order valence-electron chi connectivity index (χ4n) is 2.24. The first-order chi connectivity index (χ1) is 8.77. The van der Waals surface area contributed by atoms with Gasteiger partial charge in [0.05, 0.1) is 0 Å². The van der Waals surface area contributed by atoms with Crippen molar-refractivity contribution in [3.63, 3.8) is 0 Å². The summed E-state index contributed by atoms with van der Waals surface area (Å²) in [4.78, 5) is 11.9. The van der Waals surface area contributed by atoms with Gasteiger partial charge in [-0.3, -0.25) is 4.79 Å². The van der Waals surface area contributed by atoms with Gasteiger partial charge < -0.3 is 4.74 Å². The van der Waals surface area contributed by atoms with E-state index in [0.717, 1.165) is 0 Å². The highest BCUT2D eigenvalue weighted by Gasteiger charge is 2.38. The molecule has 0 radical (unpaired) electrons. The molecule has 0 bridgehead atoms. The van der Waals surface area contributed by atoms with Crippen LogP contribution in [0.5, 0.6) is 5.75 Å². The lowest BCUT2D eigenvalue weighted by molar-refractivity contribution is -0.139. The van der Waals surface area contributed by atoms with Crippen LogP contribution in [0.25, 0.3) is 0 Å². The molecule has 0 saturated heterocycles. The Bertz CT molecular complexity index is 580. The Morgan fingerprint density at radius 3 is 2.39 bits per heavy atom. The molecule has 0 fully saturated rings. The molecule has 3 heteroatoms. The minimum Gasteiger partial charge on any atom is -0.426 e. The number of benzene rings is 2. The first-order valence-electron chi connectivity index (χ1n) is 5.77. The number of halogens is 1. The summed E-state index contributed by atoms with van der Waals surface area (Å²) in [5.74, 6) is -1.09. The van der Waals surface area contributed by atoms with Crippen LogP contribution in [0.2, 0.25) is 0 Å². The molecule has 0 spiro atoms. The molecule has 0 N–H and O–H groups in total. The van der Waals surface area contributed by atoms with Gasteiger partial charge in [-0.25, -0.2) is 4.39 Å². The van der Waals surface area contributed by atoms with E-state index in [-0.39, 0.29) is 0 Å². The monoisotopic (exact) mass is 242 g/mol. The van der Waals surface area contributed by atoms with E-state index >= 15 is 0 Å². The summed E-state index contributed by atoms with van der Waals surface area (Å²) in [7, 11) is 0. The van der Waals surface area contributed by atoms with Crippen molar-refractivity contribution in [2.75, 3.05) is 0 Å². The number of fused-ring (bicyclic) bond motifs is 1. The first-order valence-corrected chi connectivity index (χ1v) is 5.77. The van der Waals surface area contributed by atoms with Crippen molar-refractivity contribution in [2.24, 2.45) is 0 Å². The van der Waals surface area contributed by atoms with Crippen LogP contribution in [-0.2, 0) is 4.79 Å². The second kappa shape index (κ2) is 4.26. The zero-order valence-corrected chi connectivity index (χ0v) is 9.55. The van der Waals surface area contributed by atoms with Crippen molar-refractivity contribution in [2.45, 2.75) is 12.1 Å². The van der Waals surface area contributed by atoms with Gasteiger partial charge in [0.15, 0.2) is 0 Å². The highest BCUT2D eigenvalue weighted by Crippen LogP contribution is 2.43. The van der Waals surface area contributed by atoms with E-state index in [4.69, 9.17) is 4.74 Å². The summed E-state index contributed by atoms with van der Waals surface area (Å²) in [5.41, 5.74) is 1.08. The Hall–Kier alpha value is -2.16. The number of carbonyl (C=O) groups is 1. The van der Waals surface area contributed by atoms with E-state index in [9.17, 15) is 9.18 Å². The number of carbonyl (C=O) groups excluding carboxylic acids is 1. The summed E-state index contributed by atoms with van der Waals surface area (Å²) in [5, 5.41) is 0. The van der Waals surface area contributed by atoms with Crippen molar-refractivity contribution in [1.82, 2.24) is 0 Å². The van der Waals surface area contributed by atoms with Crippen molar-refractivity contribution >= 4 is 5.97 Å². The standard InChI is InChI=1S/C15H11FO2/c16-14-11-8-4-5-9-12(11)18-15(17)13(14)10-6-2-1-3-7-10/h1-9,13-14H. The predicted molar refractivity (Wildman–Crippen MR) is 65.1 cm³/mol.